The molecule has 6 aromatic rings. The lowest BCUT2D eigenvalue weighted by Gasteiger charge is -2.30. The number of aryl methyl sites for hydroxylation is 4. The van der Waals surface area contributed by atoms with Gasteiger partial charge in [0.15, 0.2) is 0 Å². The molecule has 0 atom stereocenters. The summed E-state index contributed by atoms with van der Waals surface area (Å²) in [6.45, 7) is 4.97. The number of nitrogens with zero attached hydrogens (tertiary/aromatic N) is 3. The first-order chi connectivity index (χ1) is 33.6. The maximum absolute atomic E-state index is 6.38. The minimum atomic E-state index is 0.452. The summed E-state index contributed by atoms with van der Waals surface area (Å²) >= 11 is 25.5. The number of fused-ring (bicyclic) bond motifs is 4. The Hall–Kier alpha value is -4.39. The summed E-state index contributed by atoms with van der Waals surface area (Å²) < 4.78 is 23.2. The first kappa shape index (κ1) is 51.0. The number of hydrogen-bond donors (Lipinski definition) is 1. The topological polar surface area (TPSA) is 78.0 Å². The molecule has 0 amide bonds. The van der Waals surface area contributed by atoms with Crippen LogP contribution in [0.3, 0.4) is 0 Å². The van der Waals surface area contributed by atoms with Crippen LogP contribution in [0.25, 0.3) is 11.1 Å². The van der Waals surface area contributed by atoms with Crippen molar-refractivity contribution in [2.75, 3.05) is 54.6 Å². The maximum atomic E-state index is 6.38. The zero-order valence-corrected chi connectivity index (χ0v) is 44.9. The fraction of sp³-hybridized carbons (Fsp3) is 0.321. The Labute approximate surface area is 438 Å². The SMILES string of the molecule is COc1ccc(CCl)c(OC)c1.COc1ccc(CN2CCC(=C3c4ccc(Cl)cc4CCc4cc(Br)cnc43)CC2)c(OC)c1.Clc1ccc2c(c1)CCc1cc(Br)cnc1C2=C1CCNCC1. The van der Waals surface area contributed by atoms with Gasteiger partial charge >= 0.3 is 0 Å². The highest BCUT2D eigenvalue weighted by Gasteiger charge is 2.27. The van der Waals surface area contributed by atoms with E-state index in [0.29, 0.717) is 5.88 Å². The lowest BCUT2D eigenvalue weighted by Crippen LogP contribution is -2.30. The highest BCUT2D eigenvalue weighted by atomic mass is 79.9. The smallest absolute Gasteiger partial charge is 0.127 e. The fourth-order valence-corrected chi connectivity index (χ4v) is 11.1. The summed E-state index contributed by atoms with van der Waals surface area (Å²) in [4.78, 5) is 12.2. The number of aromatic nitrogens is 2. The summed E-state index contributed by atoms with van der Waals surface area (Å²) in [5.41, 5.74) is 18.0. The van der Waals surface area contributed by atoms with Crippen LogP contribution in [-0.4, -0.2) is 69.5 Å². The monoisotopic (exact) mass is 1110 g/mol. The Morgan fingerprint density at radius 2 is 1.00 bits per heavy atom. The molecule has 4 aromatic carbocycles. The molecule has 2 fully saturated rings. The average molecular weight is 1120 g/mol. The van der Waals surface area contributed by atoms with Gasteiger partial charge in [0.05, 0.1) is 45.7 Å². The summed E-state index contributed by atoms with van der Waals surface area (Å²) in [5, 5.41) is 5.07. The van der Waals surface area contributed by atoms with Gasteiger partial charge < -0.3 is 24.3 Å². The number of ether oxygens (including phenoxy) is 4. The van der Waals surface area contributed by atoms with Crippen molar-refractivity contribution < 1.29 is 18.9 Å². The van der Waals surface area contributed by atoms with E-state index in [1.807, 2.05) is 54.9 Å². The van der Waals surface area contributed by atoms with Crippen molar-refractivity contribution in [1.29, 1.82) is 0 Å². The second kappa shape index (κ2) is 24.2. The standard InChI is InChI=1S/C28H28BrClN2O2.C19H18BrClN2.C9H11ClO2/c1-33-24-7-5-21(26(15-24)34-2)17-32-11-9-18(10-12-32)27-25-8-6-23(30)14-19(25)3-4-20-13-22(29)16-31-28(20)27;20-15-9-14-2-1-13-10-16(21)3-4-17(13)18(19(14)23-11-15)12-5-7-22-8-6-12;1-11-8-4-3-7(6-10)9(5-8)12-2/h5-8,13-16H,3-4,9-12,17H2,1-2H3;3-4,9-11,22H,1-2,5-8H2;3-5H,6H2,1-2H3. The molecule has 2 aromatic heterocycles. The maximum Gasteiger partial charge on any atom is 0.127 e. The van der Waals surface area contributed by atoms with Gasteiger partial charge in [-0.25, -0.2) is 0 Å². The van der Waals surface area contributed by atoms with Crippen LogP contribution in [0.2, 0.25) is 10.0 Å². The van der Waals surface area contributed by atoms with Crippen molar-refractivity contribution in [3.63, 3.8) is 0 Å². The number of hydrogen-bond acceptors (Lipinski definition) is 8. The number of nitrogens with one attached hydrogen (secondary N) is 1. The molecule has 2 aliphatic heterocycles. The first-order valence-electron chi connectivity index (χ1n) is 23.3. The highest BCUT2D eigenvalue weighted by molar-refractivity contribution is 9.10. The molecule has 8 nitrogen and oxygen atoms in total. The zero-order valence-electron chi connectivity index (χ0n) is 39.5. The molecular weight excluding hydrogens is 1060 g/mol. The lowest BCUT2D eigenvalue weighted by atomic mass is 9.88. The van der Waals surface area contributed by atoms with Gasteiger partial charge in [-0.15, -0.1) is 11.6 Å². The number of halogens is 5. The van der Waals surface area contributed by atoms with E-state index in [0.717, 1.165) is 143 Å². The van der Waals surface area contributed by atoms with Crippen molar-refractivity contribution in [2.24, 2.45) is 0 Å². The van der Waals surface area contributed by atoms with Crippen LogP contribution < -0.4 is 24.3 Å². The number of alkyl halides is 1. The van der Waals surface area contributed by atoms with Gasteiger partial charge in [-0.2, -0.15) is 0 Å². The average Bonchev–Trinajstić information content (AvgIpc) is 3.64. The van der Waals surface area contributed by atoms with Crippen LogP contribution in [0.1, 0.15) is 81.6 Å². The van der Waals surface area contributed by atoms with Gasteiger partial charge in [-0.1, -0.05) is 58.6 Å². The molecule has 2 aliphatic carbocycles. The molecule has 2 saturated heterocycles. The predicted octanol–water partition coefficient (Wildman–Crippen LogP) is 13.9. The Balaban J connectivity index is 0.000000157. The van der Waals surface area contributed by atoms with E-state index in [-0.39, 0.29) is 0 Å². The molecule has 13 heteroatoms. The lowest BCUT2D eigenvalue weighted by molar-refractivity contribution is 0.244. The van der Waals surface area contributed by atoms with Crippen molar-refractivity contribution in [3.05, 3.63) is 183 Å². The second-order valence-corrected chi connectivity index (χ2v) is 20.4. The number of pyridine rings is 2. The van der Waals surface area contributed by atoms with Crippen LogP contribution in [0, 0.1) is 0 Å². The molecule has 0 unspecified atom stereocenters. The molecule has 0 bridgehead atoms. The largest absolute Gasteiger partial charge is 0.497 e. The van der Waals surface area contributed by atoms with Gasteiger partial charge in [-0.3, -0.25) is 14.9 Å². The predicted molar refractivity (Wildman–Crippen MR) is 289 cm³/mol. The van der Waals surface area contributed by atoms with E-state index >= 15 is 0 Å². The van der Waals surface area contributed by atoms with Crippen LogP contribution >= 0.6 is 66.7 Å². The van der Waals surface area contributed by atoms with E-state index in [1.54, 1.807) is 28.4 Å². The number of piperidine rings is 2. The Kier molecular flexibility index (Phi) is 17.8. The van der Waals surface area contributed by atoms with Gasteiger partial charge in [0.1, 0.15) is 23.0 Å². The minimum absolute atomic E-state index is 0.452. The minimum Gasteiger partial charge on any atom is -0.497 e. The molecule has 69 heavy (non-hydrogen) atoms. The van der Waals surface area contributed by atoms with E-state index in [4.69, 9.17) is 63.7 Å². The molecule has 0 spiro atoms. The van der Waals surface area contributed by atoms with Gasteiger partial charge in [0, 0.05) is 85.4 Å². The van der Waals surface area contributed by atoms with Crippen molar-refractivity contribution in [1.82, 2.24) is 20.2 Å². The summed E-state index contributed by atoms with van der Waals surface area (Å²) in [5.74, 6) is 3.69. The molecule has 0 saturated carbocycles. The van der Waals surface area contributed by atoms with E-state index in [9.17, 15) is 0 Å². The van der Waals surface area contributed by atoms with Crippen LogP contribution in [-0.2, 0) is 38.1 Å². The van der Waals surface area contributed by atoms with Crippen molar-refractivity contribution >= 4 is 77.8 Å². The van der Waals surface area contributed by atoms with Crippen LogP contribution in [0.5, 0.6) is 23.0 Å². The molecule has 1 N–H and O–H groups in total. The van der Waals surface area contributed by atoms with Crippen molar-refractivity contribution in [2.45, 2.75) is 63.8 Å². The van der Waals surface area contributed by atoms with Crippen molar-refractivity contribution in [3.8, 4) is 23.0 Å². The third-order valence-electron chi connectivity index (χ3n) is 13.2. The molecule has 4 aliphatic rings. The van der Waals surface area contributed by atoms with Crippen LogP contribution in [0.4, 0.5) is 0 Å². The fourth-order valence-electron chi connectivity index (χ4n) is 9.72. The van der Waals surface area contributed by atoms with E-state index in [2.05, 4.69) is 84.5 Å². The highest BCUT2D eigenvalue weighted by Crippen LogP contribution is 2.41. The molecule has 10 rings (SSSR count). The molecular formula is C56H57Br2Cl3N4O4. The molecule has 4 heterocycles. The molecule has 0 radical (unpaired) electrons. The van der Waals surface area contributed by atoms with Gasteiger partial charge in [-0.05, 0) is 178 Å². The third kappa shape index (κ3) is 12.4. The second-order valence-electron chi connectivity index (χ2n) is 17.4. The molecule has 360 valence electrons. The van der Waals surface area contributed by atoms with Crippen LogP contribution in [0.15, 0.2) is 117 Å². The Morgan fingerprint density at radius 1 is 0.536 bits per heavy atom. The third-order valence-corrected chi connectivity index (χ3v) is 14.9. The number of benzene rings is 4. The number of likely N-dealkylation sites (tertiary alicyclic amines) is 1. The van der Waals surface area contributed by atoms with Gasteiger partial charge in [0.2, 0.25) is 0 Å². The zero-order chi connectivity index (χ0) is 48.4. The Morgan fingerprint density at radius 3 is 1.48 bits per heavy atom. The van der Waals surface area contributed by atoms with E-state index < -0.39 is 0 Å². The number of methoxy groups -OCH3 is 4. The number of rotatable bonds is 7. The Bertz CT molecular complexity index is 2740. The van der Waals surface area contributed by atoms with Gasteiger partial charge in [0.25, 0.3) is 0 Å². The summed E-state index contributed by atoms with van der Waals surface area (Å²) in [7, 11) is 6.63. The normalized spacial score (nSPS) is 15.4. The van der Waals surface area contributed by atoms with E-state index in [1.165, 1.54) is 61.2 Å². The summed E-state index contributed by atoms with van der Waals surface area (Å²) in [6.07, 6.45) is 12.0. The summed E-state index contributed by atoms with van der Waals surface area (Å²) in [6, 6.07) is 28.7. The quantitative estimate of drug-likeness (QED) is 0.158. The first-order valence-corrected chi connectivity index (χ1v) is 26.2.